The molecule has 5 nitrogen and oxygen atoms in total. The number of hydrogen-bond donors (Lipinski definition) is 0. The maximum absolute atomic E-state index is 13.2. The predicted molar refractivity (Wildman–Crippen MR) is 117 cm³/mol. The van der Waals surface area contributed by atoms with E-state index in [0.29, 0.717) is 12.1 Å². The van der Waals surface area contributed by atoms with Crippen LogP contribution in [0.3, 0.4) is 0 Å². The zero-order valence-corrected chi connectivity index (χ0v) is 17.1. The molecule has 0 bridgehead atoms. The lowest BCUT2D eigenvalue weighted by molar-refractivity contribution is 0.0751. The first kappa shape index (κ1) is 19.9. The van der Waals surface area contributed by atoms with Gasteiger partial charge >= 0.3 is 0 Å². The van der Waals surface area contributed by atoms with Crippen LogP contribution in [0.1, 0.15) is 33.6 Å². The molecule has 1 aliphatic rings. The van der Waals surface area contributed by atoms with Gasteiger partial charge in [-0.3, -0.25) is 9.69 Å². The number of nitrogens with zero attached hydrogens (tertiary/aromatic N) is 4. The second kappa shape index (κ2) is 9.43. The molecule has 0 N–H and O–H groups in total. The topological polar surface area (TPSA) is 52.3 Å². The van der Waals surface area contributed by atoms with Gasteiger partial charge in [-0.1, -0.05) is 42.5 Å². The Kier molecular flexibility index (Phi) is 6.26. The van der Waals surface area contributed by atoms with Crippen molar-refractivity contribution in [1.82, 2.24) is 14.4 Å². The van der Waals surface area contributed by atoms with Gasteiger partial charge in [0.25, 0.3) is 5.91 Å². The van der Waals surface area contributed by atoms with Gasteiger partial charge in [0.15, 0.2) is 0 Å². The summed E-state index contributed by atoms with van der Waals surface area (Å²) >= 11 is 0. The minimum Gasteiger partial charge on any atom is -0.339 e. The summed E-state index contributed by atoms with van der Waals surface area (Å²) in [7, 11) is 0. The zero-order valence-electron chi connectivity index (χ0n) is 17.1. The Balaban J connectivity index is 1.38. The summed E-state index contributed by atoms with van der Waals surface area (Å²) in [6.45, 7) is 4.87. The number of benzene rings is 2. The van der Waals surface area contributed by atoms with Crippen LogP contribution in [-0.2, 0) is 13.1 Å². The highest BCUT2D eigenvalue weighted by Crippen LogP contribution is 2.14. The van der Waals surface area contributed by atoms with Gasteiger partial charge in [0.05, 0.1) is 11.6 Å². The van der Waals surface area contributed by atoms with Crippen LogP contribution < -0.4 is 0 Å². The molecule has 0 unspecified atom stereocenters. The van der Waals surface area contributed by atoms with E-state index in [-0.39, 0.29) is 5.91 Å². The van der Waals surface area contributed by atoms with Gasteiger partial charge < -0.3 is 9.47 Å². The van der Waals surface area contributed by atoms with Crippen molar-refractivity contribution in [3.05, 3.63) is 95.3 Å². The third-order valence-electron chi connectivity index (χ3n) is 5.61. The molecule has 2 heterocycles. The molecule has 0 radical (unpaired) electrons. The van der Waals surface area contributed by atoms with Crippen LogP contribution in [0.4, 0.5) is 0 Å². The molecule has 0 aliphatic carbocycles. The normalized spacial score (nSPS) is 14.8. The minimum atomic E-state index is 0.108. The Morgan fingerprint density at radius 3 is 2.37 bits per heavy atom. The number of carbonyl (C=O) groups is 1. The van der Waals surface area contributed by atoms with E-state index in [0.717, 1.165) is 44.8 Å². The summed E-state index contributed by atoms with van der Waals surface area (Å²) in [4.78, 5) is 17.6. The van der Waals surface area contributed by atoms with Gasteiger partial charge in [-0.25, -0.2) is 0 Å². The molecule has 1 saturated heterocycles. The van der Waals surface area contributed by atoms with E-state index in [2.05, 4.69) is 23.1 Å². The van der Waals surface area contributed by atoms with E-state index in [1.165, 1.54) is 11.1 Å². The largest absolute Gasteiger partial charge is 0.339 e. The smallest absolute Gasteiger partial charge is 0.270 e. The van der Waals surface area contributed by atoms with E-state index in [4.69, 9.17) is 5.26 Å². The van der Waals surface area contributed by atoms with Gasteiger partial charge in [0, 0.05) is 45.5 Å². The standard InChI is InChI=1S/C25H26N4O/c26-18-21-9-11-23(12-10-21)19-27-13-5-15-28(17-16-27)25(30)24-8-4-14-29(24)20-22-6-2-1-3-7-22/h1-4,6-12,14H,5,13,15-17,19-20H2. The number of amides is 1. The average Bonchev–Trinajstić information content (AvgIpc) is 3.11. The van der Waals surface area contributed by atoms with Crippen molar-refractivity contribution in [1.29, 1.82) is 5.26 Å². The lowest BCUT2D eigenvalue weighted by Gasteiger charge is -2.23. The lowest BCUT2D eigenvalue weighted by Crippen LogP contribution is -2.36. The third kappa shape index (κ3) is 4.79. The van der Waals surface area contributed by atoms with Crippen LogP contribution in [-0.4, -0.2) is 46.5 Å². The summed E-state index contributed by atoms with van der Waals surface area (Å²) in [5, 5.41) is 8.95. The van der Waals surface area contributed by atoms with Crippen molar-refractivity contribution in [2.24, 2.45) is 0 Å². The molecular weight excluding hydrogens is 372 g/mol. The van der Waals surface area contributed by atoms with Crippen LogP contribution in [0.5, 0.6) is 0 Å². The van der Waals surface area contributed by atoms with Crippen molar-refractivity contribution < 1.29 is 4.79 Å². The summed E-state index contributed by atoms with van der Waals surface area (Å²) in [5.41, 5.74) is 3.82. The average molecular weight is 399 g/mol. The predicted octanol–water partition coefficient (Wildman–Crippen LogP) is 3.76. The van der Waals surface area contributed by atoms with Crippen LogP contribution in [0.2, 0.25) is 0 Å². The number of rotatable bonds is 5. The molecule has 30 heavy (non-hydrogen) atoms. The number of nitriles is 1. The first-order valence-electron chi connectivity index (χ1n) is 10.4. The van der Waals surface area contributed by atoms with E-state index < -0.39 is 0 Å². The maximum atomic E-state index is 13.2. The van der Waals surface area contributed by atoms with E-state index >= 15 is 0 Å². The summed E-state index contributed by atoms with van der Waals surface area (Å²) in [5.74, 6) is 0.108. The molecule has 5 heteroatoms. The third-order valence-corrected chi connectivity index (χ3v) is 5.61. The van der Waals surface area contributed by atoms with Crippen LogP contribution >= 0.6 is 0 Å². The monoisotopic (exact) mass is 398 g/mol. The molecule has 0 saturated carbocycles. The molecule has 0 spiro atoms. The highest BCUT2D eigenvalue weighted by Gasteiger charge is 2.22. The van der Waals surface area contributed by atoms with Crippen LogP contribution in [0.15, 0.2) is 72.9 Å². The van der Waals surface area contributed by atoms with Gasteiger partial charge in [0.2, 0.25) is 0 Å². The first-order valence-corrected chi connectivity index (χ1v) is 10.4. The summed E-state index contributed by atoms with van der Waals surface area (Å²) in [6, 6.07) is 24.0. The van der Waals surface area contributed by atoms with E-state index in [9.17, 15) is 4.79 Å². The van der Waals surface area contributed by atoms with Gasteiger partial charge in [-0.05, 0) is 41.8 Å². The Hall–Kier alpha value is -3.36. The zero-order chi connectivity index (χ0) is 20.8. The van der Waals surface area contributed by atoms with Gasteiger partial charge in [-0.2, -0.15) is 5.26 Å². The summed E-state index contributed by atoms with van der Waals surface area (Å²) < 4.78 is 2.04. The SMILES string of the molecule is N#Cc1ccc(CN2CCCN(C(=O)c3cccn3Cc3ccccc3)CC2)cc1. The fourth-order valence-electron chi connectivity index (χ4n) is 3.96. The van der Waals surface area contributed by atoms with Crippen molar-refractivity contribution in [3.63, 3.8) is 0 Å². The van der Waals surface area contributed by atoms with Gasteiger partial charge in [0.1, 0.15) is 5.69 Å². The van der Waals surface area contributed by atoms with E-state index in [1.807, 2.05) is 70.3 Å². The fraction of sp³-hybridized carbons (Fsp3) is 0.280. The van der Waals surface area contributed by atoms with Crippen molar-refractivity contribution in [2.75, 3.05) is 26.2 Å². The Morgan fingerprint density at radius 2 is 1.60 bits per heavy atom. The van der Waals surface area contributed by atoms with Crippen molar-refractivity contribution >= 4 is 5.91 Å². The van der Waals surface area contributed by atoms with Gasteiger partial charge in [-0.15, -0.1) is 0 Å². The molecule has 152 valence electrons. The molecule has 1 amide bonds. The Morgan fingerprint density at radius 1 is 0.833 bits per heavy atom. The quantitative estimate of drug-likeness (QED) is 0.658. The molecule has 2 aromatic carbocycles. The van der Waals surface area contributed by atoms with Crippen molar-refractivity contribution in [2.45, 2.75) is 19.5 Å². The minimum absolute atomic E-state index is 0.108. The van der Waals surface area contributed by atoms with Crippen molar-refractivity contribution in [3.8, 4) is 6.07 Å². The Bertz CT molecular complexity index is 1020. The number of aromatic nitrogens is 1. The molecule has 0 atom stereocenters. The molecule has 1 aliphatic heterocycles. The maximum Gasteiger partial charge on any atom is 0.270 e. The number of hydrogen-bond acceptors (Lipinski definition) is 3. The molecule has 4 rings (SSSR count). The molecule has 3 aromatic rings. The highest BCUT2D eigenvalue weighted by atomic mass is 16.2. The van der Waals surface area contributed by atoms with E-state index in [1.54, 1.807) is 0 Å². The summed E-state index contributed by atoms with van der Waals surface area (Å²) in [6.07, 6.45) is 2.94. The molecule has 1 aromatic heterocycles. The number of carbonyl (C=O) groups excluding carboxylic acids is 1. The van der Waals surface area contributed by atoms with Crippen LogP contribution in [0, 0.1) is 11.3 Å². The second-order valence-corrected chi connectivity index (χ2v) is 7.74. The fourth-order valence-corrected chi connectivity index (χ4v) is 3.96. The van der Waals surface area contributed by atoms with Crippen LogP contribution in [0.25, 0.3) is 0 Å². The highest BCUT2D eigenvalue weighted by molar-refractivity contribution is 5.92. The molecule has 1 fully saturated rings. The Labute approximate surface area is 177 Å². The second-order valence-electron chi connectivity index (χ2n) is 7.74. The lowest BCUT2D eigenvalue weighted by atomic mass is 10.1. The molecular formula is C25H26N4O. The first-order chi connectivity index (χ1) is 14.7.